The van der Waals surface area contributed by atoms with Gasteiger partial charge in [0.1, 0.15) is 0 Å². The fraction of sp³-hybridized carbons (Fsp3) is 0.867. The second kappa shape index (κ2) is 6.42. The lowest BCUT2D eigenvalue weighted by atomic mass is 9.94. The maximum Gasteiger partial charge on any atom is 0.227 e. The topological polar surface area (TPSA) is 71.4 Å². The van der Waals surface area contributed by atoms with Crippen LogP contribution in [-0.2, 0) is 6.42 Å². The van der Waals surface area contributed by atoms with E-state index in [0.29, 0.717) is 24.4 Å². The van der Waals surface area contributed by atoms with Crippen molar-refractivity contribution < 1.29 is 4.52 Å². The molecule has 4 heterocycles. The van der Waals surface area contributed by atoms with Crippen LogP contribution in [0.3, 0.4) is 0 Å². The normalized spacial score (nSPS) is 30.0. The molecule has 0 amide bonds. The molecule has 0 saturated carbocycles. The Morgan fingerprint density at radius 3 is 2.62 bits per heavy atom. The number of rotatable bonds is 6. The van der Waals surface area contributed by atoms with Gasteiger partial charge in [-0.25, -0.2) is 0 Å². The lowest BCUT2D eigenvalue weighted by Gasteiger charge is -2.46. The number of fused-ring (bicyclic) bond motifs is 3. The van der Waals surface area contributed by atoms with Crippen molar-refractivity contribution >= 4 is 0 Å². The van der Waals surface area contributed by atoms with Gasteiger partial charge < -0.3 is 10.3 Å². The standard InChI is InChI=1S/C15H27N5O/c1-11(2)7-12(9-16)8-14-17-15(18-21-14)13-10-19-3-5-20(13)6-4-19/h11-13H,3-10,16H2,1-2H3. The van der Waals surface area contributed by atoms with Crippen molar-refractivity contribution in [3.8, 4) is 0 Å². The number of nitrogens with two attached hydrogens (primary N) is 1. The number of aromatic nitrogens is 2. The average molecular weight is 293 g/mol. The zero-order valence-electron chi connectivity index (χ0n) is 13.2. The first-order chi connectivity index (χ1) is 10.2. The van der Waals surface area contributed by atoms with Gasteiger partial charge in [0.25, 0.3) is 0 Å². The fourth-order valence-electron chi connectivity index (χ4n) is 3.53. The molecule has 2 N–H and O–H groups in total. The lowest BCUT2D eigenvalue weighted by molar-refractivity contribution is 0.00781. The van der Waals surface area contributed by atoms with Gasteiger partial charge in [0.05, 0.1) is 6.04 Å². The van der Waals surface area contributed by atoms with Crippen LogP contribution in [0.25, 0.3) is 0 Å². The van der Waals surface area contributed by atoms with Crippen molar-refractivity contribution in [2.75, 3.05) is 39.3 Å². The predicted octanol–water partition coefficient (Wildman–Crippen LogP) is 0.905. The number of piperazine rings is 3. The highest BCUT2D eigenvalue weighted by Crippen LogP contribution is 2.27. The minimum Gasteiger partial charge on any atom is -0.339 e. The Morgan fingerprint density at radius 2 is 2.05 bits per heavy atom. The summed E-state index contributed by atoms with van der Waals surface area (Å²) in [4.78, 5) is 9.61. The molecule has 1 aromatic heterocycles. The molecule has 0 aliphatic carbocycles. The molecule has 3 aliphatic rings. The van der Waals surface area contributed by atoms with Crippen LogP contribution < -0.4 is 5.73 Å². The quantitative estimate of drug-likeness (QED) is 0.840. The van der Waals surface area contributed by atoms with Gasteiger partial charge in [0.2, 0.25) is 5.89 Å². The summed E-state index contributed by atoms with van der Waals surface area (Å²) in [5.41, 5.74) is 5.86. The fourth-order valence-corrected chi connectivity index (χ4v) is 3.53. The summed E-state index contributed by atoms with van der Waals surface area (Å²) < 4.78 is 5.48. The molecule has 3 fully saturated rings. The first-order valence-electron chi connectivity index (χ1n) is 8.14. The van der Waals surface area contributed by atoms with E-state index in [2.05, 4.69) is 33.8 Å². The molecule has 1 aromatic rings. The van der Waals surface area contributed by atoms with Gasteiger partial charge in [-0.05, 0) is 24.8 Å². The summed E-state index contributed by atoms with van der Waals surface area (Å²) in [5.74, 6) is 2.69. The van der Waals surface area contributed by atoms with E-state index < -0.39 is 0 Å². The Kier molecular flexibility index (Phi) is 4.57. The first-order valence-corrected chi connectivity index (χ1v) is 8.14. The second-order valence-electron chi connectivity index (χ2n) is 6.83. The molecule has 0 radical (unpaired) electrons. The molecule has 6 heteroatoms. The number of hydrogen-bond donors (Lipinski definition) is 1. The minimum atomic E-state index is 0.312. The zero-order chi connectivity index (χ0) is 14.8. The van der Waals surface area contributed by atoms with E-state index in [4.69, 9.17) is 10.3 Å². The van der Waals surface area contributed by atoms with Crippen LogP contribution in [0, 0.1) is 11.8 Å². The Bertz CT molecular complexity index is 453. The third-order valence-electron chi connectivity index (χ3n) is 4.66. The number of nitrogens with zero attached hydrogens (tertiary/aromatic N) is 4. The average Bonchev–Trinajstić information content (AvgIpc) is 2.95. The van der Waals surface area contributed by atoms with E-state index in [1.165, 1.54) is 13.1 Å². The maximum absolute atomic E-state index is 5.86. The SMILES string of the molecule is CC(C)CC(CN)Cc1nc(C2CN3CCN2CC3)no1. The van der Waals surface area contributed by atoms with E-state index in [1.807, 2.05) is 0 Å². The van der Waals surface area contributed by atoms with Crippen molar-refractivity contribution in [1.29, 1.82) is 0 Å². The molecule has 21 heavy (non-hydrogen) atoms. The molecule has 2 atom stereocenters. The Balaban J connectivity index is 1.63. The van der Waals surface area contributed by atoms with E-state index in [1.54, 1.807) is 0 Å². The summed E-state index contributed by atoms with van der Waals surface area (Å²) in [5, 5.41) is 4.23. The summed E-state index contributed by atoms with van der Waals surface area (Å²) in [6.45, 7) is 10.7. The summed E-state index contributed by atoms with van der Waals surface area (Å²) >= 11 is 0. The molecule has 118 valence electrons. The van der Waals surface area contributed by atoms with E-state index in [-0.39, 0.29) is 0 Å². The van der Waals surface area contributed by atoms with Gasteiger partial charge in [-0.3, -0.25) is 9.80 Å². The molecule has 0 spiro atoms. The van der Waals surface area contributed by atoms with Crippen LogP contribution >= 0.6 is 0 Å². The van der Waals surface area contributed by atoms with Crippen LogP contribution in [0.1, 0.15) is 38.0 Å². The molecule has 0 aromatic carbocycles. The van der Waals surface area contributed by atoms with E-state index in [9.17, 15) is 0 Å². The van der Waals surface area contributed by atoms with E-state index >= 15 is 0 Å². The van der Waals surface area contributed by atoms with Crippen LogP contribution in [-0.4, -0.2) is 59.2 Å². The zero-order valence-corrected chi connectivity index (χ0v) is 13.2. The van der Waals surface area contributed by atoms with Gasteiger partial charge in [0.15, 0.2) is 5.82 Å². The van der Waals surface area contributed by atoms with Crippen molar-refractivity contribution in [1.82, 2.24) is 19.9 Å². The molecule has 4 rings (SSSR count). The van der Waals surface area contributed by atoms with Gasteiger partial charge in [-0.15, -0.1) is 0 Å². The summed E-state index contributed by atoms with van der Waals surface area (Å²) in [6, 6.07) is 0.312. The highest BCUT2D eigenvalue weighted by molar-refractivity contribution is 5.01. The molecule has 3 saturated heterocycles. The summed E-state index contributed by atoms with van der Waals surface area (Å²) in [6.07, 6.45) is 1.91. The van der Waals surface area contributed by atoms with Gasteiger partial charge >= 0.3 is 0 Å². The highest BCUT2D eigenvalue weighted by Gasteiger charge is 2.35. The van der Waals surface area contributed by atoms with Gasteiger partial charge in [0, 0.05) is 39.1 Å². The molecular formula is C15H27N5O. The van der Waals surface area contributed by atoms with Crippen LogP contribution in [0.2, 0.25) is 0 Å². The predicted molar refractivity (Wildman–Crippen MR) is 80.8 cm³/mol. The third-order valence-corrected chi connectivity index (χ3v) is 4.66. The molecule has 2 unspecified atom stereocenters. The summed E-state index contributed by atoms with van der Waals surface area (Å²) in [7, 11) is 0. The third kappa shape index (κ3) is 3.44. The molecule has 3 aliphatic heterocycles. The first kappa shape index (κ1) is 14.9. The molecule has 6 nitrogen and oxygen atoms in total. The smallest absolute Gasteiger partial charge is 0.227 e. The molecular weight excluding hydrogens is 266 g/mol. The Morgan fingerprint density at radius 1 is 1.29 bits per heavy atom. The van der Waals surface area contributed by atoms with Crippen molar-refractivity contribution in [3.63, 3.8) is 0 Å². The Labute approximate surface area is 126 Å². The van der Waals surface area contributed by atoms with Crippen LogP contribution in [0.15, 0.2) is 4.52 Å². The highest BCUT2D eigenvalue weighted by atomic mass is 16.5. The second-order valence-corrected chi connectivity index (χ2v) is 6.83. The minimum absolute atomic E-state index is 0.312. The maximum atomic E-state index is 5.86. The van der Waals surface area contributed by atoms with E-state index in [0.717, 1.165) is 44.2 Å². The Hall–Kier alpha value is -0.980. The van der Waals surface area contributed by atoms with Gasteiger partial charge in [-0.2, -0.15) is 4.98 Å². The molecule has 2 bridgehead atoms. The van der Waals surface area contributed by atoms with Crippen molar-refractivity contribution in [2.24, 2.45) is 17.6 Å². The van der Waals surface area contributed by atoms with Gasteiger partial charge in [-0.1, -0.05) is 19.0 Å². The van der Waals surface area contributed by atoms with Crippen LogP contribution in [0.4, 0.5) is 0 Å². The largest absolute Gasteiger partial charge is 0.339 e. The number of hydrogen-bond acceptors (Lipinski definition) is 6. The monoisotopic (exact) mass is 293 g/mol. The van der Waals surface area contributed by atoms with Crippen LogP contribution in [0.5, 0.6) is 0 Å². The lowest BCUT2D eigenvalue weighted by Crippen LogP contribution is -2.57. The van der Waals surface area contributed by atoms with Crippen molar-refractivity contribution in [3.05, 3.63) is 11.7 Å². The van der Waals surface area contributed by atoms with Crippen molar-refractivity contribution in [2.45, 2.75) is 32.7 Å².